The summed E-state index contributed by atoms with van der Waals surface area (Å²) in [6.45, 7) is 0. The van der Waals surface area contributed by atoms with Crippen molar-refractivity contribution in [1.29, 1.82) is 5.26 Å². The van der Waals surface area contributed by atoms with Crippen LogP contribution in [-0.4, -0.2) is 0 Å². The van der Waals surface area contributed by atoms with E-state index in [2.05, 4.69) is 36.4 Å². The minimum Gasteiger partial charge on any atom is -0.198 e. The second-order valence-corrected chi connectivity index (χ2v) is 6.77. The first-order valence-corrected chi connectivity index (χ1v) is 7.26. The fourth-order valence-electron chi connectivity index (χ4n) is 5.38. The highest BCUT2D eigenvalue weighted by Crippen LogP contribution is 2.62. The van der Waals surface area contributed by atoms with E-state index in [1.165, 1.54) is 32.1 Å². The van der Waals surface area contributed by atoms with Gasteiger partial charge in [-0.3, -0.25) is 0 Å². The first kappa shape index (κ1) is 10.6. The van der Waals surface area contributed by atoms with Gasteiger partial charge in [-0.25, -0.2) is 0 Å². The molecule has 0 aliphatic heterocycles. The van der Waals surface area contributed by atoms with Crippen LogP contribution in [0, 0.1) is 35.0 Å². The lowest BCUT2D eigenvalue weighted by Crippen LogP contribution is -2.52. The molecule has 0 saturated heterocycles. The Labute approximate surface area is 109 Å². The predicted molar refractivity (Wildman–Crippen MR) is 70.8 cm³/mol. The van der Waals surface area contributed by atoms with Crippen LogP contribution in [-0.2, 0) is 5.41 Å². The quantitative estimate of drug-likeness (QED) is 0.726. The van der Waals surface area contributed by atoms with Gasteiger partial charge < -0.3 is 0 Å². The molecule has 18 heavy (non-hydrogen) atoms. The molecule has 4 aliphatic carbocycles. The zero-order chi connectivity index (χ0) is 12.2. The fraction of sp³-hybridized carbons (Fsp3) is 0.588. The van der Waals surface area contributed by atoms with E-state index in [1.54, 1.807) is 5.56 Å². The Morgan fingerprint density at radius 1 is 1.00 bits per heavy atom. The highest BCUT2D eigenvalue weighted by molar-refractivity contribution is 5.30. The second-order valence-electron chi connectivity index (χ2n) is 6.77. The summed E-state index contributed by atoms with van der Waals surface area (Å²) < 4.78 is 0. The normalized spacial score (nSPS) is 44.8. The number of hydrogen-bond acceptors (Lipinski definition) is 1. The van der Waals surface area contributed by atoms with Crippen molar-refractivity contribution in [2.24, 2.45) is 23.7 Å². The van der Waals surface area contributed by atoms with Crippen LogP contribution in [0.5, 0.6) is 0 Å². The third-order valence-electron chi connectivity index (χ3n) is 5.81. The molecule has 1 heteroatoms. The Hall–Kier alpha value is -1.29. The van der Waals surface area contributed by atoms with E-state index in [-0.39, 0.29) is 0 Å². The molecule has 0 aromatic heterocycles. The first-order chi connectivity index (χ1) is 8.81. The molecule has 1 aromatic rings. The summed E-state index contributed by atoms with van der Waals surface area (Å²) in [7, 11) is 0. The number of rotatable bonds is 1. The van der Waals surface area contributed by atoms with Crippen LogP contribution in [0.15, 0.2) is 30.3 Å². The molecular formula is C17H19N. The van der Waals surface area contributed by atoms with Gasteiger partial charge in [-0.1, -0.05) is 30.3 Å². The van der Waals surface area contributed by atoms with Crippen molar-refractivity contribution in [3.8, 4) is 6.07 Å². The summed E-state index contributed by atoms with van der Waals surface area (Å²) in [4.78, 5) is 0. The Bertz CT molecular complexity index is 482. The molecule has 0 heterocycles. The van der Waals surface area contributed by atoms with E-state index >= 15 is 0 Å². The third-order valence-corrected chi connectivity index (χ3v) is 5.81. The van der Waals surface area contributed by atoms with Crippen molar-refractivity contribution in [2.45, 2.75) is 37.5 Å². The maximum Gasteiger partial charge on any atom is 0.0661 e. The Balaban J connectivity index is 1.75. The lowest BCUT2D eigenvalue weighted by molar-refractivity contribution is -0.0351. The van der Waals surface area contributed by atoms with Crippen LogP contribution in [0.4, 0.5) is 0 Å². The summed E-state index contributed by atoms with van der Waals surface area (Å²) in [5, 5.41) is 9.40. The van der Waals surface area contributed by atoms with E-state index in [9.17, 15) is 5.26 Å². The van der Waals surface area contributed by atoms with Crippen molar-refractivity contribution in [3.63, 3.8) is 0 Å². The van der Waals surface area contributed by atoms with Crippen molar-refractivity contribution >= 4 is 0 Å². The molecule has 4 aliphatic rings. The van der Waals surface area contributed by atoms with Gasteiger partial charge in [-0.05, 0) is 60.8 Å². The smallest absolute Gasteiger partial charge is 0.0661 e. The van der Waals surface area contributed by atoms with E-state index in [0.717, 1.165) is 5.92 Å². The molecule has 5 rings (SSSR count). The minimum atomic E-state index is 0.360. The number of nitriles is 1. The number of nitrogens with zero attached hydrogens (tertiary/aromatic N) is 1. The van der Waals surface area contributed by atoms with Gasteiger partial charge in [0, 0.05) is 0 Å². The van der Waals surface area contributed by atoms with Crippen molar-refractivity contribution < 1.29 is 0 Å². The van der Waals surface area contributed by atoms with Gasteiger partial charge in [0.05, 0.1) is 12.0 Å². The van der Waals surface area contributed by atoms with Gasteiger partial charge in [0.15, 0.2) is 0 Å². The molecule has 4 bridgehead atoms. The van der Waals surface area contributed by atoms with Crippen LogP contribution in [0.3, 0.4) is 0 Å². The van der Waals surface area contributed by atoms with Crippen LogP contribution >= 0.6 is 0 Å². The molecule has 0 amide bonds. The number of hydrogen-bond donors (Lipinski definition) is 0. The summed E-state index contributed by atoms with van der Waals surface area (Å²) in [5.74, 6) is 2.62. The molecule has 4 saturated carbocycles. The van der Waals surface area contributed by atoms with Crippen LogP contribution in [0.1, 0.15) is 37.7 Å². The van der Waals surface area contributed by atoms with Gasteiger partial charge in [-0.2, -0.15) is 5.26 Å². The molecule has 0 N–H and O–H groups in total. The van der Waals surface area contributed by atoms with Crippen LogP contribution in [0.25, 0.3) is 0 Å². The van der Waals surface area contributed by atoms with Crippen LogP contribution < -0.4 is 0 Å². The van der Waals surface area contributed by atoms with E-state index in [1.807, 2.05) is 0 Å². The first-order valence-electron chi connectivity index (χ1n) is 7.26. The molecule has 0 radical (unpaired) electrons. The van der Waals surface area contributed by atoms with E-state index in [0.29, 0.717) is 23.2 Å². The van der Waals surface area contributed by atoms with E-state index in [4.69, 9.17) is 0 Å². The zero-order valence-electron chi connectivity index (χ0n) is 10.7. The Morgan fingerprint density at radius 3 is 2.28 bits per heavy atom. The minimum absolute atomic E-state index is 0.360. The SMILES string of the molecule is N#C[C@H]1C2CC3CC1C[C@](c1ccccc1)(C3)C2. The predicted octanol–water partition coefficient (Wildman–Crippen LogP) is 3.90. The van der Waals surface area contributed by atoms with E-state index < -0.39 is 0 Å². The highest BCUT2D eigenvalue weighted by Gasteiger charge is 2.55. The molecule has 1 aromatic carbocycles. The average molecular weight is 237 g/mol. The topological polar surface area (TPSA) is 23.8 Å². The molecule has 2 unspecified atom stereocenters. The molecule has 92 valence electrons. The largest absolute Gasteiger partial charge is 0.198 e. The molecule has 1 nitrogen and oxygen atoms in total. The molecular weight excluding hydrogens is 218 g/mol. The van der Waals surface area contributed by atoms with Crippen LogP contribution in [0.2, 0.25) is 0 Å². The van der Waals surface area contributed by atoms with Crippen molar-refractivity contribution in [3.05, 3.63) is 35.9 Å². The maximum atomic E-state index is 9.40. The number of benzene rings is 1. The lowest BCUT2D eigenvalue weighted by Gasteiger charge is -2.59. The Kier molecular flexibility index (Phi) is 2.13. The monoisotopic (exact) mass is 237 g/mol. The standard InChI is InChI=1S/C17H19N/c18-11-16-13-6-12-7-14(16)10-17(8-12,9-13)15-4-2-1-3-5-15/h1-5,12-14,16H,6-10H2/t12?,13?,14?,16-,17-. The summed E-state index contributed by atoms with van der Waals surface area (Å²) in [5.41, 5.74) is 1.96. The van der Waals surface area contributed by atoms with Crippen molar-refractivity contribution in [2.75, 3.05) is 0 Å². The van der Waals surface area contributed by atoms with Crippen molar-refractivity contribution in [1.82, 2.24) is 0 Å². The highest BCUT2D eigenvalue weighted by atomic mass is 14.6. The zero-order valence-corrected chi connectivity index (χ0v) is 10.7. The van der Waals surface area contributed by atoms with Gasteiger partial charge in [0.2, 0.25) is 0 Å². The van der Waals surface area contributed by atoms with Gasteiger partial charge in [-0.15, -0.1) is 0 Å². The molecule has 2 atom stereocenters. The lowest BCUT2D eigenvalue weighted by atomic mass is 9.45. The third kappa shape index (κ3) is 1.32. The van der Waals surface area contributed by atoms with Gasteiger partial charge in [0.1, 0.15) is 0 Å². The summed E-state index contributed by atoms with van der Waals surface area (Å²) in [6, 6.07) is 13.7. The second kappa shape index (κ2) is 3.60. The molecule has 0 spiro atoms. The van der Waals surface area contributed by atoms with Gasteiger partial charge >= 0.3 is 0 Å². The molecule has 4 fully saturated rings. The Morgan fingerprint density at radius 2 is 1.67 bits per heavy atom. The maximum absolute atomic E-state index is 9.40. The summed E-state index contributed by atoms with van der Waals surface area (Å²) >= 11 is 0. The average Bonchev–Trinajstić information content (AvgIpc) is 2.39. The fourth-order valence-corrected chi connectivity index (χ4v) is 5.38. The summed E-state index contributed by atoms with van der Waals surface area (Å²) in [6.07, 6.45) is 6.55. The van der Waals surface area contributed by atoms with Gasteiger partial charge in [0.25, 0.3) is 0 Å².